The topological polar surface area (TPSA) is 56.6 Å². The number of nitriles is 1. The van der Waals surface area contributed by atoms with Gasteiger partial charge >= 0.3 is 0 Å². The molecule has 1 aliphatic carbocycles. The van der Waals surface area contributed by atoms with E-state index < -0.39 is 0 Å². The predicted octanol–water partition coefficient (Wildman–Crippen LogP) is 4.74. The molecule has 24 heavy (non-hydrogen) atoms. The summed E-state index contributed by atoms with van der Waals surface area (Å²) < 4.78 is 1.06. The Hall–Kier alpha value is -2.10. The van der Waals surface area contributed by atoms with E-state index in [1.165, 1.54) is 0 Å². The Morgan fingerprint density at radius 2 is 2.04 bits per heavy atom. The van der Waals surface area contributed by atoms with Crippen molar-refractivity contribution in [3.8, 4) is 28.5 Å². The number of H-pyrrole nitrogens is 1. The van der Waals surface area contributed by atoms with Crippen LogP contribution < -0.4 is 5.56 Å². The molecule has 3 nitrogen and oxygen atoms in total. The SMILES string of the molecule is N#Cc1c(-c2cccc(I)c2)c2c([nH]c1=O)-c1cc(Cl)ccc1C2. The summed E-state index contributed by atoms with van der Waals surface area (Å²) in [5.74, 6) is 0. The first-order valence-corrected chi connectivity index (χ1v) is 8.78. The number of aromatic amines is 1. The van der Waals surface area contributed by atoms with E-state index in [0.29, 0.717) is 11.4 Å². The summed E-state index contributed by atoms with van der Waals surface area (Å²) in [6.07, 6.45) is 0.675. The van der Waals surface area contributed by atoms with Crippen molar-refractivity contribution < 1.29 is 0 Å². The summed E-state index contributed by atoms with van der Waals surface area (Å²) in [5, 5.41) is 10.2. The van der Waals surface area contributed by atoms with Gasteiger partial charge in [0.1, 0.15) is 11.6 Å². The van der Waals surface area contributed by atoms with Gasteiger partial charge in [0.15, 0.2) is 0 Å². The molecule has 0 radical (unpaired) electrons. The first-order chi connectivity index (χ1) is 11.6. The number of nitrogens with one attached hydrogen (secondary N) is 1. The van der Waals surface area contributed by atoms with Gasteiger partial charge in [0.2, 0.25) is 0 Å². The molecule has 1 heterocycles. The van der Waals surface area contributed by atoms with Crippen LogP contribution in [0.5, 0.6) is 0 Å². The smallest absolute Gasteiger partial charge is 0.266 e. The van der Waals surface area contributed by atoms with Crippen LogP contribution in [-0.2, 0) is 6.42 Å². The zero-order valence-electron chi connectivity index (χ0n) is 12.4. The van der Waals surface area contributed by atoms with E-state index in [9.17, 15) is 10.1 Å². The highest BCUT2D eigenvalue weighted by Crippen LogP contribution is 2.41. The lowest BCUT2D eigenvalue weighted by Gasteiger charge is -2.11. The maximum absolute atomic E-state index is 12.5. The molecule has 0 atom stereocenters. The van der Waals surface area contributed by atoms with Gasteiger partial charge in [0.05, 0.1) is 5.69 Å². The highest BCUT2D eigenvalue weighted by molar-refractivity contribution is 14.1. The summed E-state index contributed by atoms with van der Waals surface area (Å²) in [4.78, 5) is 15.3. The molecule has 0 unspecified atom stereocenters. The van der Waals surface area contributed by atoms with E-state index in [0.717, 1.165) is 37.1 Å². The molecule has 0 amide bonds. The molecule has 4 rings (SSSR count). The molecular formula is C19H10ClIN2O. The van der Waals surface area contributed by atoms with E-state index in [2.05, 4.69) is 33.6 Å². The molecule has 0 bridgehead atoms. The summed E-state index contributed by atoms with van der Waals surface area (Å²) in [6.45, 7) is 0. The third-order valence-electron chi connectivity index (χ3n) is 4.25. The second-order valence-corrected chi connectivity index (χ2v) is 7.34. The van der Waals surface area contributed by atoms with Crippen molar-refractivity contribution in [2.75, 3.05) is 0 Å². The minimum atomic E-state index is -0.363. The normalized spacial score (nSPS) is 11.7. The molecule has 1 aliphatic rings. The summed E-state index contributed by atoms with van der Waals surface area (Å²) in [7, 11) is 0. The zero-order chi connectivity index (χ0) is 16.8. The van der Waals surface area contributed by atoms with Crippen LogP contribution in [-0.4, -0.2) is 4.98 Å². The number of pyridine rings is 1. The molecule has 116 valence electrons. The van der Waals surface area contributed by atoms with E-state index in [-0.39, 0.29) is 11.1 Å². The fourth-order valence-corrected chi connectivity index (χ4v) is 3.96. The van der Waals surface area contributed by atoms with Crippen molar-refractivity contribution >= 4 is 34.2 Å². The quantitative estimate of drug-likeness (QED) is 0.431. The van der Waals surface area contributed by atoms with Crippen LogP contribution in [0.4, 0.5) is 0 Å². The van der Waals surface area contributed by atoms with Gasteiger partial charge < -0.3 is 4.98 Å². The average molecular weight is 445 g/mol. The van der Waals surface area contributed by atoms with Gasteiger partial charge in [-0.1, -0.05) is 29.8 Å². The number of benzene rings is 2. The third-order valence-corrected chi connectivity index (χ3v) is 5.16. The van der Waals surface area contributed by atoms with Crippen molar-refractivity contribution in [2.24, 2.45) is 0 Å². The molecule has 5 heteroatoms. The van der Waals surface area contributed by atoms with Crippen LogP contribution in [0.15, 0.2) is 47.3 Å². The van der Waals surface area contributed by atoms with Crippen LogP contribution in [0.2, 0.25) is 5.02 Å². The third kappa shape index (κ3) is 2.36. The molecule has 2 aromatic carbocycles. The number of rotatable bonds is 1. The van der Waals surface area contributed by atoms with Gasteiger partial charge in [-0.05, 0) is 63.5 Å². The highest BCUT2D eigenvalue weighted by Gasteiger charge is 2.26. The van der Waals surface area contributed by atoms with Gasteiger partial charge in [0, 0.05) is 26.1 Å². The Morgan fingerprint density at radius 3 is 2.79 bits per heavy atom. The molecule has 1 aromatic heterocycles. The second kappa shape index (κ2) is 5.76. The summed E-state index contributed by atoms with van der Waals surface area (Å²) in [5.41, 5.74) is 5.20. The molecule has 0 saturated heterocycles. The lowest BCUT2D eigenvalue weighted by atomic mass is 9.94. The Bertz CT molecular complexity index is 1100. The van der Waals surface area contributed by atoms with Gasteiger partial charge in [-0.15, -0.1) is 0 Å². The average Bonchev–Trinajstić information content (AvgIpc) is 2.91. The van der Waals surface area contributed by atoms with Crippen LogP contribution in [0.25, 0.3) is 22.4 Å². The molecule has 0 spiro atoms. The second-order valence-electron chi connectivity index (χ2n) is 5.66. The van der Waals surface area contributed by atoms with Crippen molar-refractivity contribution in [3.63, 3.8) is 0 Å². The van der Waals surface area contributed by atoms with E-state index in [4.69, 9.17) is 11.6 Å². The summed E-state index contributed by atoms with van der Waals surface area (Å²) in [6, 6.07) is 15.6. The minimum Gasteiger partial charge on any atom is -0.320 e. The number of nitrogens with zero attached hydrogens (tertiary/aromatic N) is 1. The number of fused-ring (bicyclic) bond motifs is 3. The van der Waals surface area contributed by atoms with Gasteiger partial charge in [0.25, 0.3) is 5.56 Å². The first kappa shape index (κ1) is 15.4. The largest absolute Gasteiger partial charge is 0.320 e. The Labute approximate surface area is 157 Å². The molecule has 0 aliphatic heterocycles. The Kier molecular flexibility index (Phi) is 3.70. The molecule has 0 saturated carbocycles. The van der Waals surface area contributed by atoms with Gasteiger partial charge in [-0.2, -0.15) is 5.26 Å². The van der Waals surface area contributed by atoms with Crippen molar-refractivity contribution in [1.82, 2.24) is 4.98 Å². The van der Waals surface area contributed by atoms with E-state index >= 15 is 0 Å². The maximum atomic E-state index is 12.5. The van der Waals surface area contributed by atoms with Crippen molar-refractivity contribution in [3.05, 3.63) is 78.1 Å². The van der Waals surface area contributed by atoms with E-state index in [1.54, 1.807) is 0 Å². The number of aromatic nitrogens is 1. The molecule has 0 fully saturated rings. The minimum absolute atomic E-state index is 0.162. The lowest BCUT2D eigenvalue weighted by molar-refractivity contribution is 1.17. The fraction of sp³-hybridized carbons (Fsp3) is 0.0526. The molecular weight excluding hydrogens is 435 g/mol. The first-order valence-electron chi connectivity index (χ1n) is 7.32. The summed E-state index contributed by atoms with van der Waals surface area (Å²) >= 11 is 8.35. The van der Waals surface area contributed by atoms with Crippen molar-refractivity contribution in [1.29, 1.82) is 5.26 Å². The number of hydrogen-bond acceptors (Lipinski definition) is 2. The van der Waals surface area contributed by atoms with Crippen LogP contribution in [0.3, 0.4) is 0 Å². The van der Waals surface area contributed by atoms with E-state index in [1.807, 2.05) is 42.5 Å². The number of halogens is 2. The van der Waals surface area contributed by atoms with Crippen molar-refractivity contribution in [2.45, 2.75) is 6.42 Å². The molecule has 3 aromatic rings. The Balaban J connectivity index is 2.09. The van der Waals surface area contributed by atoms with Gasteiger partial charge in [-0.3, -0.25) is 4.79 Å². The Morgan fingerprint density at radius 1 is 1.21 bits per heavy atom. The predicted molar refractivity (Wildman–Crippen MR) is 103 cm³/mol. The van der Waals surface area contributed by atoms with Crippen LogP contribution in [0, 0.1) is 14.9 Å². The van der Waals surface area contributed by atoms with Gasteiger partial charge in [-0.25, -0.2) is 0 Å². The molecule has 1 N–H and O–H groups in total. The number of hydrogen-bond donors (Lipinski definition) is 1. The standard InChI is InChI=1S/C19H10ClIN2O/c20-12-5-4-10-7-15-17(11-2-1-3-13(21)6-11)16(9-22)19(24)23-18(15)14(10)8-12/h1-6,8H,7H2,(H,23,24). The fourth-order valence-electron chi connectivity index (χ4n) is 3.24. The maximum Gasteiger partial charge on any atom is 0.266 e. The lowest BCUT2D eigenvalue weighted by Crippen LogP contribution is -2.14. The zero-order valence-corrected chi connectivity index (χ0v) is 15.3. The van der Waals surface area contributed by atoms with Crippen LogP contribution in [0.1, 0.15) is 16.7 Å². The highest BCUT2D eigenvalue weighted by atomic mass is 127. The monoisotopic (exact) mass is 444 g/mol. The van der Waals surface area contributed by atoms with Crippen LogP contribution >= 0.6 is 34.2 Å².